The lowest BCUT2D eigenvalue weighted by molar-refractivity contribution is -0.142. The Kier molecular flexibility index (Phi) is 2.72. The molecule has 1 N–H and O–H groups in total. The minimum atomic E-state index is -0.788. The number of nitriles is 1. The second-order valence-electron chi connectivity index (χ2n) is 4.33. The maximum atomic E-state index is 10.7. The van der Waals surface area contributed by atoms with E-state index in [1.165, 1.54) is 0 Å². The molecule has 2 heterocycles. The van der Waals surface area contributed by atoms with Crippen LogP contribution in [0.3, 0.4) is 0 Å². The SMILES string of the molecule is Cc1cc(C)c(C#N)c(N2CC(C(=O)O)C2)n1. The van der Waals surface area contributed by atoms with Crippen molar-refractivity contribution in [2.75, 3.05) is 18.0 Å². The maximum Gasteiger partial charge on any atom is 0.310 e. The van der Waals surface area contributed by atoms with Crippen molar-refractivity contribution in [3.8, 4) is 6.07 Å². The van der Waals surface area contributed by atoms with Crippen molar-refractivity contribution in [1.29, 1.82) is 5.26 Å². The number of carboxylic acid groups (broad SMARTS) is 1. The number of carbonyl (C=O) groups is 1. The molecule has 2 rings (SSSR count). The van der Waals surface area contributed by atoms with Gasteiger partial charge in [0.1, 0.15) is 11.9 Å². The maximum absolute atomic E-state index is 10.7. The quantitative estimate of drug-likeness (QED) is 0.824. The van der Waals surface area contributed by atoms with E-state index >= 15 is 0 Å². The van der Waals surface area contributed by atoms with Gasteiger partial charge in [-0.2, -0.15) is 5.26 Å². The molecule has 88 valence electrons. The topological polar surface area (TPSA) is 77.2 Å². The van der Waals surface area contributed by atoms with Crippen molar-refractivity contribution in [2.24, 2.45) is 5.92 Å². The van der Waals surface area contributed by atoms with Crippen LogP contribution in [-0.2, 0) is 4.79 Å². The fourth-order valence-electron chi connectivity index (χ4n) is 1.99. The van der Waals surface area contributed by atoms with Crippen LogP contribution in [0.25, 0.3) is 0 Å². The average molecular weight is 231 g/mol. The Hall–Kier alpha value is -2.09. The monoisotopic (exact) mass is 231 g/mol. The van der Waals surface area contributed by atoms with Crippen molar-refractivity contribution in [3.63, 3.8) is 0 Å². The first-order valence-electron chi connectivity index (χ1n) is 5.39. The van der Waals surface area contributed by atoms with Crippen LogP contribution in [0.1, 0.15) is 16.8 Å². The van der Waals surface area contributed by atoms with E-state index in [1.807, 2.05) is 24.8 Å². The third kappa shape index (κ3) is 1.94. The molecule has 0 aromatic carbocycles. The molecule has 1 aliphatic rings. The van der Waals surface area contributed by atoms with E-state index in [1.54, 1.807) is 0 Å². The van der Waals surface area contributed by atoms with Gasteiger partial charge in [-0.25, -0.2) is 4.98 Å². The van der Waals surface area contributed by atoms with Crippen LogP contribution >= 0.6 is 0 Å². The van der Waals surface area contributed by atoms with E-state index in [0.29, 0.717) is 24.5 Å². The molecule has 0 radical (unpaired) electrons. The number of rotatable bonds is 2. The van der Waals surface area contributed by atoms with Gasteiger partial charge in [-0.15, -0.1) is 0 Å². The molecule has 1 fully saturated rings. The lowest BCUT2D eigenvalue weighted by Crippen LogP contribution is -2.51. The van der Waals surface area contributed by atoms with Gasteiger partial charge in [-0.3, -0.25) is 4.79 Å². The van der Waals surface area contributed by atoms with Crippen LogP contribution < -0.4 is 4.90 Å². The van der Waals surface area contributed by atoms with Crippen LogP contribution in [0.5, 0.6) is 0 Å². The third-order valence-corrected chi connectivity index (χ3v) is 2.97. The number of carboxylic acids is 1. The number of nitrogens with zero attached hydrogens (tertiary/aromatic N) is 3. The largest absolute Gasteiger partial charge is 0.481 e. The molecule has 5 nitrogen and oxygen atoms in total. The van der Waals surface area contributed by atoms with Gasteiger partial charge in [0.2, 0.25) is 0 Å². The number of aryl methyl sites for hydroxylation is 2. The first kappa shape index (κ1) is 11.4. The van der Waals surface area contributed by atoms with Gasteiger partial charge in [-0.1, -0.05) is 0 Å². The summed E-state index contributed by atoms with van der Waals surface area (Å²) in [6, 6.07) is 3.99. The molecule has 5 heteroatoms. The van der Waals surface area contributed by atoms with E-state index in [-0.39, 0.29) is 5.92 Å². The Morgan fingerprint density at radius 3 is 2.76 bits per heavy atom. The summed E-state index contributed by atoms with van der Waals surface area (Å²) in [6.07, 6.45) is 0. The number of aromatic nitrogens is 1. The second-order valence-corrected chi connectivity index (χ2v) is 4.33. The first-order valence-corrected chi connectivity index (χ1v) is 5.39. The molecule has 17 heavy (non-hydrogen) atoms. The number of pyridine rings is 1. The second kappa shape index (κ2) is 4.06. The Bertz CT molecular complexity index is 513. The van der Waals surface area contributed by atoms with Crippen LogP contribution in [0, 0.1) is 31.1 Å². The highest BCUT2D eigenvalue weighted by molar-refractivity contribution is 5.75. The lowest BCUT2D eigenvalue weighted by Gasteiger charge is -2.38. The summed E-state index contributed by atoms with van der Waals surface area (Å²) in [6.45, 7) is 4.59. The molecule has 1 aromatic heterocycles. The smallest absolute Gasteiger partial charge is 0.310 e. The first-order chi connectivity index (χ1) is 8.02. The highest BCUT2D eigenvalue weighted by Gasteiger charge is 2.34. The predicted molar refractivity (Wildman–Crippen MR) is 61.8 cm³/mol. The standard InChI is InChI=1S/C12H13N3O2/c1-7-3-8(2)14-11(10(7)4-13)15-5-9(6-15)12(16)17/h3,9H,5-6H2,1-2H3,(H,16,17). The molecule has 0 amide bonds. The minimum Gasteiger partial charge on any atom is -0.481 e. The van der Waals surface area contributed by atoms with Gasteiger partial charge in [0.15, 0.2) is 0 Å². The molecular weight excluding hydrogens is 218 g/mol. The van der Waals surface area contributed by atoms with E-state index < -0.39 is 5.97 Å². The summed E-state index contributed by atoms with van der Waals surface area (Å²) < 4.78 is 0. The van der Waals surface area contributed by atoms with E-state index in [4.69, 9.17) is 10.4 Å². The molecule has 0 aliphatic carbocycles. The average Bonchev–Trinajstić information content (AvgIpc) is 2.13. The summed E-state index contributed by atoms with van der Waals surface area (Å²) in [4.78, 5) is 16.9. The van der Waals surface area contributed by atoms with Gasteiger partial charge >= 0.3 is 5.97 Å². The van der Waals surface area contributed by atoms with Gasteiger partial charge in [0.05, 0.1) is 11.5 Å². The Balaban J connectivity index is 2.29. The molecular formula is C12H13N3O2. The molecule has 0 spiro atoms. The summed E-state index contributed by atoms with van der Waals surface area (Å²) in [7, 11) is 0. The van der Waals surface area contributed by atoms with E-state index in [0.717, 1.165) is 11.3 Å². The fraction of sp³-hybridized carbons (Fsp3) is 0.417. The van der Waals surface area contributed by atoms with Crippen molar-refractivity contribution in [1.82, 2.24) is 4.98 Å². The van der Waals surface area contributed by atoms with Crippen molar-refractivity contribution in [3.05, 3.63) is 22.9 Å². The molecule has 1 saturated heterocycles. The minimum absolute atomic E-state index is 0.343. The van der Waals surface area contributed by atoms with Crippen molar-refractivity contribution in [2.45, 2.75) is 13.8 Å². The van der Waals surface area contributed by atoms with Gasteiger partial charge in [0.25, 0.3) is 0 Å². The van der Waals surface area contributed by atoms with E-state index in [9.17, 15) is 4.79 Å². The van der Waals surface area contributed by atoms with Crippen LogP contribution in [-0.4, -0.2) is 29.1 Å². The molecule has 0 bridgehead atoms. The number of hydrogen-bond acceptors (Lipinski definition) is 4. The molecule has 0 unspecified atom stereocenters. The van der Waals surface area contributed by atoms with Gasteiger partial charge in [-0.05, 0) is 25.5 Å². The summed E-state index contributed by atoms with van der Waals surface area (Å²) in [5.74, 6) is -0.518. The molecule has 1 aliphatic heterocycles. The Labute approximate surface area is 99.3 Å². The third-order valence-electron chi connectivity index (χ3n) is 2.97. The van der Waals surface area contributed by atoms with Crippen LogP contribution in [0.15, 0.2) is 6.07 Å². The number of hydrogen-bond donors (Lipinski definition) is 1. The van der Waals surface area contributed by atoms with Gasteiger partial charge < -0.3 is 10.0 Å². The lowest BCUT2D eigenvalue weighted by atomic mass is 9.99. The highest BCUT2D eigenvalue weighted by Crippen LogP contribution is 2.28. The zero-order chi connectivity index (χ0) is 12.6. The predicted octanol–water partition coefficient (Wildman–Crippen LogP) is 1.09. The van der Waals surface area contributed by atoms with Crippen molar-refractivity contribution >= 4 is 11.8 Å². The van der Waals surface area contributed by atoms with Gasteiger partial charge in [0, 0.05) is 18.8 Å². The van der Waals surface area contributed by atoms with E-state index in [2.05, 4.69) is 11.1 Å². The molecule has 0 atom stereocenters. The number of anilines is 1. The summed E-state index contributed by atoms with van der Waals surface area (Å²) in [5.41, 5.74) is 2.27. The Morgan fingerprint density at radius 1 is 1.59 bits per heavy atom. The van der Waals surface area contributed by atoms with Crippen LogP contribution in [0.4, 0.5) is 5.82 Å². The Morgan fingerprint density at radius 2 is 2.24 bits per heavy atom. The zero-order valence-electron chi connectivity index (χ0n) is 9.77. The summed E-state index contributed by atoms with van der Waals surface area (Å²) >= 11 is 0. The fourth-order valence-corrected chi connectivity index (χ4v) is 1.99. The summed E-state index contributed by atoms with van der Waals surface area (Å²) in [5, 5.41) is 17.9. The molecule has 0 saturated carbocycles. The molecule has 1 aromatic rings. The van der Waals surface area contributed by atoms with Crippen LogP contribution in [0.2, 0.25) is 0 Å². The van der Waals surface area contributed by atoms with Crippen molar-refractivity contribution < 1.29 is 9.90 Å². The number of aliphatic carboxylic acids is 1. The zero-order valence-corrected chi connectivity index (χ0v) is 9.77. The highest BCUT2D eigenvalue weighted by atomic mass is 16.4. The normalized spacial score (nSPS) is 15.2.